The Morgan fingerprint density at radius 3 is 1.89 bits per heavy atom. The van der Waals surface area contributed by atoms with Gasteiger partial charge in [-0.2, -0.15) is 0 Å². The van der Waals surface area contributed by atoms with Gasteiger partial charge in [-0.25, -0.2) is 0 Å². The maximum Gasteiger partial charge on any atom is 0.139 e. The molecule has 0 aromatic rings. The molecule has 1 aliphatic rings. The molecule has 0 amide bonds. The van der Waals surface area contributed by atoms with Crippen LogP contribution in [0.4, 0.5) is 0 Å². The topological polar surface area (TPSA) is 43.8 Å². The second-order valence-electron chi connectivity index (χ2n) is 7.35. The zero-order valence-electron chi connectivity index (χ0n) is 13.2. The van der Waals surface area contributed by atoms with Crippen LogP contribution in [0.1, 0.15) is 41.0 Å². The number of hydrogen-bond acceptors (Lipinski definition) is 4. The van der Waals surface area contributed by atoms with Crippen molar-refractivity contribution in [3.8, 4) is 0 Å². The van der Waals surface area contributed by atoms with Crippen molar-refractivity contribution in [2.75, 3.05) is 39.3 Å². The van der Waals surface area contributed by atoms with E-state index in [1.54, 1.807) is 0 Å². The number of aliphatic hydroxyl groups is 1. The summed E-state index contributed by atoms with van der Waals surface area (Å²) in [6, 6.07) is 0. The van der Waals surface area contributed by atoms with Gasteiger partial charge in [0.25, 0.3) is 0 Å². The van der Waals surface area contributed by atoms with E-state index in [9.17, 15) is 9.90 Å². The van der Waals surface area contributed by atoms with E-state index in [1.807, 2.05) is 34.6 Å². The number of carbonyl (C=O) groups excluding carboxylic acids is 1. The highest BCUT2D eigenvalue weighted by Gasteiger charge is 2.25. The van der Waals surface area contributed by atoms with E-state index in [1.165, 1.54) is 0 Å². The molecule has 0 aliphatic carbocycles. The highest BCUT2D eigenvalue weighted by molar-refractivity contribution is 5.83. The molecule has 4 heteroatoms. The smallest absolute Gasteiger partial charge is 0.139 e. The zero-order chi connectivity index (χ0) is 14.7. The molecule has 0 aromatic heterocycles. The molecule has 0 bridgehead atoms. The molecule has 1 saturated heterocycles. The van der Waals surface area contributed by atoms with Crippen LogP contribution in [0.5, 0.6) is 0 Å². The van der Waals surface area contributed by atoms with E-state index in [2.05, 4.69) is 9.80 Å². The summed E-state index contributed by atoms with van der Waals surface area (Å²) in [5, 5.41) is 9.80. The lowest BCUT2D eigenvalue weighted by Gasteiger charge is -2.37. The van der Waals surface area contributed by atoms with Gasteiger partial charge in [0.05, 0.1) is 5.60 Å². The van der Waals surface area contributed by atoms with Crippen molar-refractivity contribution in [2.24, 2.45) is 5.41 Å². The first-order chi connectivity index (χ1) is 8.58. The van der Waals surface area contributed by atoms with E-state index in [4.69, 9.17) is 0 Å². The van der Waals surface area contributed by atoms with E-state index in [0.717, 1.165) is 39.3 Å². The molecular formula is C15H30N2O2. The Bertz CT molecular complexity index is 294. The number of ketones is 1. The summed E-state index contributed by atoms with van der Waals surface area (Å²) in [7, 11) is 0. The van der Waals surface area contributed by atoms with Crippen molar-refractivity contribution < 1.29 is 9.90 Å². The molecule has 0 radical (unpaired) electrons. The van der Waals surface area contributed by atoms with E-state index in [0.29, 0.717) is 12.2 Å². The molecular weight excluding hydrogens is 240 g/mol. The molecule has 1 fully saturated rings. The van der Waals surface area contributed by atoms with Crippen molar-refractivity contribution in [1.82, 2.24) is 9.80 Å². The number of piperazine rings is 1. The van der Waals surface area contributed by atoms with Gasteiger partial charge in [-0.15, -0.1) is 0 Å². The summed E-state index contributed by atoms with van der Waals surface area (Å²) in [6.07, 6.45) is 0.648. The largest absolute Gasteiger partial charge is 0.389 e. The fourth-order valence-electron chi connectivity index (χ4n) is 2.35. The summed E-state index contributed by atoms with van der Waals surface area (Å²) in [6.45, 7) is 15.2. The fourth-order valence-corrected chi connectivity index (χ4v) is 2.35. The lowest BCUT2D eigenvalue weighted by molar-refractivity contribution is -0.126. The number of Topliss-reactive ketones (excluding diaryl/α,β-unsaturated/α-hetero) is 1. The average Bonchev–Trinajstić information content (AvgIpc) is 2.24. The number of nitrogens with zero attached hydrogens (tertiary/aromatic N) is 2. The molecule has 112 valence electrons. The third-order valence-corrected chi connectivity index (χ3v) is 3.57. The Labute approximate surface area is 117 Å². The van der Waals surface area contributed by atoms with Crippen LogP contribution in [0.2, 0.25) is 0 Å². The van der Waals surface area contributed by atoms with E-state index in [-0.39, 0.29) is 5.41 Å². The summed E-state index contributed by atoms with van der Waals surface area (Å²) in [5.74, 6) is 0.339. The molecule has 1 heterocycles. The first-order valence-corrected chi connectivity index (χ1v) is 7.28. The van der Waals surface area contributed by atoms with Crippen LogP contribution in [0.15, 0.2) is 0 Å². The molecule has 0 saturated carbocycles. The molecule has 1 rings (SSSR count). The number of β-amino-alcohol motifs (C(OH)–C–C–N with tert-alkyl or cyclic N) is 1. The van der Waals surface area contributed by atoms with Gasteiger partial charge in [-0.1, -0.05) is 20.8 Å². The molecule has 4 nitrogen and oxygen atoms in total. The first kappa shape index (κ1) is 16.6. The summed E-state index contributed by atoms with van der Waals surface area (Å²) >= 11 is 0. The standard InChI is InChI=1S/C15H30N2O2/c1-14(2,3)13(18)6-7-16-8-10-17(11-9-16)12-15(4,5)19/h19H,6-12H2,1-5H3. The van der Waals surface area contributed by atoms with Crippen molar-refractivity contribution >= 4 is 5.78 Å². The van der Waals surface area contributed by atoms with Gasteiger partial charge in [0.1, 0.15) is 5.78 Å². The number of carbonyl (C=O) groups is 1. The molecule has 0 spiro atoms. The van der Waals surface area contributed by atoms with Gasteiger partial charge in [0.2, 0.25) is 0 Å². The molecule has 1 aliphatic heterocycles. The van der Waals surface area contributed by atoms with Crippen LogP contribution in [0.25, 0.3) is 0 Å². The SMILES string of the molecule is CC(C)(O)CN1CCN(CCC(=O)C(C)(C)C)CC1. The Balaban J connectivity index is 2.26. The van der Waals surface area contributed by atoms with Crippen molar-refractivity contribution in [2.45, 2.75) is 46.6 Å². The summed E-state index contributed by atoms with van der Waals surface area (Å²) in [5.41, 5.74) is -0.840. The Kier molecular flexibility index (Phi) is 5.53. The predicted octanol–water partition coefficient (Wildman–Crippen LogP) is 1.38. The molecule has 1 N–H and O–H groups in total. The molecule has 19 heavy (non-hydrogen) atoms. The maximum absolute atomic E-state index is 11.9. The number of rotatable bonds is 5. The third kappa shape index (κ3) is 6.50. The highest BCUT2D eigenvalue weighted by Crippen LogP contribution is 2.17. The Hall–Kier alpha value is -0.450. The van der Waals surface area contributed by atoms with Gasteiger partial charge in [0.15, 0.2) is 0 Å². The predicted molar refractivity (Wildman–Crippen MR) is 78.3 cm³/mol. The van der Waals surface area contributed by atoms with Gasteiger partial charge in [-0.3, -0.25) is 9.69 Å². The van der Waals surface area contributed by atoms with Crippen LogP contribution in [-0.4, -0.2) is 65.6 Å². The number of hydrogen-bond donors (Lipinski definition) is 1. The Morgan fingerprint density at radius 2 is 1.47 bits per heavy atom. The van der Waals surface area contributed by atoms with E-state index < -0.39 is 5.60 Å². The van der Waals surface area contributed by atoms with E-state index >= 15 is 0 Å². The second-order valence-corrected chi connectivity index (χ2v) is 7.35. The highest BCUT2D eigenvalue weighted by atomic mass is 16.3. The van der Waals surface area contributed by atoms with Crippen molar-refractivity contribution in [3.63, 3.8) is 0 Å². The molecule has 0 unspecified atom stereocenters. The molecule has 0 atom stereocenters. The van der Waals surface area contributed by atoms with Gasteiger partial charge >= 0.3 is 0 Å². The van der Waals surface area contributed by atoms with Crippen LogP contribution in [0.3, 0.4) is 0 Å². The average molecular weight is 270 g/mol. The minimum absolute atomic E-state index is 0.220. The van der Waals surface area contributed by atoms with Crippen LogP contribution in [0, 0.1) is 5.41 Å². The quantitative estimate of drug-likeness (QED) is 0.820. The fraction of sp³-hybridized carbons (Fsp3) is 0.933. The van der Waals surface area contributed by atoms with Crippen LogP contribution < -0.4 is 0 Å². The van der Waals surface area contributed by atoms with Gasteiger partial charge in [-0.05, 0) is 13.8 Å². The normalized spacial score (nSPS) is 19.7. The van der Waals surface area contributed by atoms with Gasteiger partial charge in [0, 0.05) is 51.1 Å². The van der Waals surface area contributed by atoms with Gasteiger partial charge < -0.3 is 10.0 Å². The third-order valence-electron chi connectivity index (χ3n) is 3.57. The second kappa shape index (κ2) is 6.33. The maximum atomic E-state index is 11.9. The van der Waals surface area contributed by atoms with Crippen molar-refractivity contribution in [3.05, 3.63) is 0 Å². The lowest BCUT2D eigenvalue weighted by atomic mass is 9.89. The monoisotopic (exact) mass is 270 g/mol. The minimum atomic E-state index is -0.621. The first-order valence-electron chi connectivity index (χ1n) is 7.28. The summed E-state index contributed by atoms with van der Waals surface area (Å²) in [4.78, 5) is 16.5. The lowest BCUT2D eigenvalue weighted by Crippen LogP contribution is -2.50. The van der Waals surface area contributed by atoms with Crippen LogP contribution in [-0.2, 0) is 4.79 Å². The zero-order valence-corrected chi connectivity index (χ0v) is 13.2. The van der Waals surface area contributed by atoms with Crippen molar-refractivity contribution in [1.29, 1.82) is 0 Å². The van der Waals surface area contributed by atoms with Crippen LogP contribution >= 0.6 is 0 Å². The Morgan fingerprint density at radius 1 is 1.00 bits per heavy atom. The minimum Gasteiger partial charge on any atom is -0.389 e. The molecule has 0 aromatic carbocycles. The summed E-state index contributed by atoms with van der Waals surface area (Å²) < 4.78 is 0.